The topological polar surface area (TPSA) is 37.3 Å². The van der Waals surface area contributed by atoms with Gasteiger partial charge in [-0.2, -0.15) is 0 Å². The Morgan fingerprint density at radius 3 is 2.41 bits per heavy atom. The van der Waals surface area contributed by atoms with Gasteiger partial charge < -0.3 is 5.11 Å². The van der Waals surface area contributed by atoms with E-state index in [0.29, 0.717) is 32.3 Å². The van der Waals surface area contributed by atoms with Gasteiger partial charge in [0, 0.05) is 15.6 Å². The number of hydrogen-bond acceptors (Lipinski definition) is 1. The van der Waals surface area contributed by atoms with Gasteiger partial charge in [-0.15, -0.1) is 0 Å². The number of aryl methyl sites for hydroxylation is 1. The molecule has 22 heavy (non-hydrogen) atoms. The zero-order valence-electron chi connectivity index (χ0n) is 12.2. The van der Waals surface area contributed by atoms with Gasteiger partial charge in [0.15, 0.2) is 0 Å². The van der Waals surface area contributed by atoms with E-state index >= 15 is 0 Å². The highest BCUT2D eigenvalue weighted by Gasteiger charge is 2.19. The molecule has 0 fully saturated rings. The number of carboxylic acid groups (broad SMARTS) is 1. The summed E-state index contributed by atoms with van der Waals surface area (Å²) in [6.07, 6.45) is -0.143. The first-order valence-corrected chi connectivity index (χ1v) is 7.53. The van der Waals surface area contributed by atoms with Crippen molar-refractivity contribution in [1.29, 1.82) is 0 Å². The van der Waals surface area contributed by atoms with Crippen LogP contribution >= 0.6 is 23.2 Å². The zero-order chi connectivity index (χ0) is 16.4. The first-order chi connectivity index (χ1) is 10.3. The maximum absolute atomic E-state index is 14.3. The Balaban J connectivity index is 2.60. The van der Waals surface area contributed by atoms with Crippen molar-refractivity contribution in [1.82, 2.24) is 0 Å². The van der Waals surface area contributed by atoms with Crippen molar-refractivity contribution in [2.24, 2.45) is 0 Å². The van der Waals surface area contributed by atoms with E-state index in [9.17, 15) is 9.18 Å². The van der Waals surface area contributed by atoms with Crippen LogP contribution in [-0.4, -0.2) is 11.1 Å². The van der Waals surface area contributed by atoms with Crippen molar-refractivity contribution in [3.05, 3.63) is 57.3 Å². The van der Waals surface area contributed by atoms with Crippen molar-refractivity contribution < 1.29 is 14.3 Å². The van der Waals surface area contributed by atoms with Crippen molar-refractivity contribution in [2.75, 3.05) is 0 Å². The molecule has 0 unspecified atom stereocenters. The predicted octanol–water partition coefficient (Wildman–Crippen LogP) is 5.69. The van der Waals surface area contributed by atoms with Gasteiger partial charge in [0.25, 0.3) is 0 Å². The van der Waals surface area contributed by atoms with Crippen molar-refractivity contribution in [3.63, 3.8) is 0 Å². The largest absolute Gasteiger partial charge is 0.481 e. The molecule has 5 heteroatoms. The average molecular weight is 341 g/mol. The second-order valence-corrected chi connectivity index (χ2v) is 6.11. The van der Waals surface area contributed by atoms with Crippen molar-refractivity contribution >= 4 is 29.2 Å². The molecule has 0 aliphatic rings. The molecular weight excluding hydrogens is 326 g/mol. The molecule has 0 aliphatic heterocycles. The zero-order valence-corrected chi connectivity index (χ0v) is 13.7. The van der Waals surface area contributed by atoms with Crippen LogP contribution in [-0.2, 0) is 4.79 Å². The lowest BCUT2D eigenvalue weighted by atomic mass is 9.91. The Kier molecular flexibility index (Phi) is 5.09. The van der Waals surface area contributed by atoms with Crippen LogP contribution < -0.4 is 0 Å². The number of hydrogen-bond donors (Lipinski definition) is 1. The number of benzene rings is 2. The van der Waals surface area contributed by atoms with Gasteiger partial charge in [0.2, 0.25) is 0 Å². The average Bonchev–Trinajstić information content (AvgIpc) is 2.41. The van der Waals surface area contributed by atoms with Gasteiger partial charge in [0.1, 0.15) is 5.82 Å². The summed E-state index contributed by atoms with van der Waals surface area (Å²) >= 11 is 12.4. The molecular formula is C17H15Cl2FO2. The van der Waals surface area contributed by atoms with Crippen LogP contribution in [0, 0.1) is 12.7 Å². The summed E-state index contributed by atoms with van der Waals surface area (Å²) in [7, 11) is 0. The Morgan fingerprint density at radius 2 is 1.86 bits per heavy atom. The van der Waals surface area contributed by atoms with Crippen LogP contribution in [0.15, 0.2) is 30.3 Å². The lowest BCUT2D eigenvalue weighted by Gasteiger charge is -2.16. The molecule has 0 heterocycles. The molecule has 0 aromatic heterocycles. The fourth-order valence-corrected chi connectivity index (χ4v) is 3.06. The van der Waals surface area contributed by atoms with Crippen LogP contribution in [0.5, 0.6) is 0 Å². The van der Waals surface area contributed by atoms with Crippen LogP contribution in [0.4, 0.5) is 4.39 Å². The summed E-state index contributed by atoms with van der Waals surface area (Å²) in [5.74, 6) is -1.80. The normalized spacial score (nSPS) is 12.2. The number of halogens is 3. The number of rotatable bonds is 4. The Morgan fingerprint density at radius 1 is 1.27 bits per heavy atom. The fraction of sp³-hybridized carbons (Fsp3) is 0.235. The van der Waals surface area contributed by atoms with Crippen LogP contribution in [0.1, 0.15) is 30.4 Å². The molecule has 116 valence electrons. The van der Waals surface area contributed by atoms with Gasteiger partial charge in [-0.05, 0) is 53.8 Å². The minimum atomic E-state index is -0.967. The van der Waals surface area contributed by atoms with E-state index in [4.69, 9.17) is 28.3 Å². The SMILES string of the molecule is Cc1cc(-c2c(Cl)cccc2Cl)cc([C@@H](C)CC(=O)O)c1F. The third-order valence-corrected chi connectivity index (χ3v) is 4.18. The molecule has 0 saturated heterocycles. The number of aliphatic carboxylic acids is 1. The summed E-state index contributed by atoms with van der Waals surface area (Å²) in [5, 5.41) is 9.85. The molecule has 2 nitrogen and oxygen atoms in total. The van der Waals surface area contributed by atoms with Gasteiger partial charge in [-0.1, -0.05) is 36.2 Å². The van der Waals surface area contributed by atoms with E-state index in [0.717, 1.165) is 0 Å². The lowest BCUT2D eigenvalue weighted by molar-refractivity contribution is -0.137. The predicted molar refractivity (Wildman–Crippen MR) is 87.3 cm³/mol. The monoisotopic (exact) mass is 340 g/mol. The quantitative estimate of drug-likeness (QED) is 0.776. The molecule has 1 N–H and O–H groups in total. The molecule has 2 aromatic rings. The minimum absolute atomic E-state index is 0.143. The molecule has 2 aromatic carbocycles. The van der Waals surface area contributed by atoms with Crippen molar-refractivity contribution in [2.45, 2.75) is 26.2 Å². The molecule has 0 bridgehead atoms. The molecule has 0 radical (unpaired) electrons. The van der Waals surface area contributed by atoms with E-state index in [2.05, 4.69) is 0 Å². The van der Waals surface area contributed by atoms with Crippen molar-refractivity contribution in [3.8, 4) is 11.1 Å². The Bertz CT molecular complexity index is 709. The summed E-state index contributed by atoms with van der Waals surface area (Å²) in [6.45, 7) is 3.32. The third kappa shape index (κ3) is 3.42. The second kappa shape index (κ2) is 6.67. The Labute approximate surface area is 138 Å². The maximum atomic E-state index is 14.3. The summed E-state index contributed by atoms with van der Waals surface area (Å²) in [6, 6.07) is 8.45. The first-order valence-electron chi connectivity index (χ1n) is 6.77. The molecule has 0 spiro atoms. The molecule has 1 atom stereocenters. The standard InChI is InChI=1S/C17H15Cl2FO2/c1-9(7-15(21)22)12-8-11(6-10(2)17(12)20)16-13(18)4-3-5-14(16)19/h3-6,8-9H,7H2,1-2H3,(H,21,22)/t9-/m0/s1. The third-order valence-electron chi connectivity index (χ3n) is 3.55. The van der Waals surface area contributed by atoms with Gasteiger partial charge in [-0.3, -0.25) is 4.79 Å². The smallest absolute Gasteiger partial charge is 0.303 e. The second-order valence-electron chi connectivity index (χ2n) is 5.29. The molecule has 0 amide bonds. The van der Waals surface area contributed by atoms with Gasteiger partial charge in [-0.25, -0.2) is 4.39 Å². The summed E-state index contributed by atoms with van der Waals surface area (Å²) < 4.78 is 14.3. The Hall–Kier alpha value is -1.58. The molecule has 0 saturated carbocycles. The highest BCUT2D eigenvalue weighted by molar-refractivity contribution is 6.39. The fourth-order valence-electron chi connectivity index (χ4n) is 2.45. The van der Waals surface area contributed by atoms with E-state index in [-0.39, 0.29) is 12.2 Å². The molecule has 0 aliphatic carbocycles. The highest BCUT2D eigenvalue weighted by Crippen LogP contribution is 2.37. The minimum Gasteiger partial charge on any atom is -0.481 e. The maximum Gasteiger partial charge on any atom is 0.303 e. The molecule has 2 rings (SSSR count). The van der Waals surface area contributed by atoms with E-state index in [1.54, 1.807) is 44.2 Å². The van der Waals surface area contributed by atoms with Gasteiger partial charge >= 0.3 is 5.97 Å². The van der Waals surface area contributed by atoms with Gasteiger partial charge in [0.05, 0.1) is 6.42 Å². The first kappa shape index (κ1) is 16.8. The van der Waals surface area contributed by atoms with E-state index in [1.165, 1.54) is 0 Å². The van der Waals surface area contributed by atoms with Crippen LogP contribution in [0.3, 0.4) is 0 Å². The highest BCUT2D eigenvalue weighted by atomic mass is 35.5. The summed E-state index contributed by atoms with van der Waals surface area (Å²) in [4.78, 5) is 10.9. The summed E-state index contributed by atoms with van der Waals surface area (Å²) in [5.41, 5.74) is 2.09. The lowest BCUT2D eigenvalue weighted by Crippen LogP contribution is -2.06. The van der Waals surface area contributed by atoms with E-state index in [1.807, 2.05) is 0 Å². The van der Waals surface area contributed by atoms with E-state index < -0.39 is 11.9 Å². The van der Waals surface area contributed by atoms with Crippen LogP contribution in [0.25, 0.3) is 11.1 Å². The number of carbonyl (C=O) groups is 1. The van der Waals surface area contributed by atoms with Crippen LogP contribution in [0.2, 0.25) is 10.0 Å². The number of carboxylic acids is 1.